The van der Waals surface area contributed by atoms with E-state index in [0.717, 1.165) is 22.3 Å². The van der Waals surface area contributed by atoms with Gasteiger partial charge in [-0.1, -0.05) is 17.7 Å². The Labute approximate surface area is 163 Å². The lowest BCUT2D eigenvalue weighted by molar-refractivity contribution is -0.119. The third-order valence-electron chi connectivity index (χ3n) is 5.43. The van der Waals surface area contributed by atoms with Crippen molar-refractivity contribution in [3.8, 4) is 5.69 Å². The number of benzene rings is 1. The molecule has 146 valence electrons. The number of fused-ring (bicyclic) bond motifs is 1. The van der Waals surface area contributed by atoms with Gasteiger partial charge in [0.2, 0.25) is 5.91 Å². The summed E-state index contributed by atoms with van der Waals surface area (Å²) in [4.78, 5) is 21.3. The number of hydrogen-bond acceptors (Lipinski definition) is 5. The minimum absolute atomic E-state index is 0.0617. The number of rotatable bonds is 3. The maximum Gasteiger partial charge on any atom is 0.229 e. The zero-order valence-corrected chi connectivity index (χ0v) is 16.9. The predicted molar refractivity (Wildman–Crippen MR) is 108 cm³/mol. The van der Waals surface area contributed by atoms with Gasteiger partial charge < -0.3 is 5.32 Å². The summed E-state index contributed by atoms with van der Waals surface area (Å²) < 4.78 is 25.4. The van der Waals surface area contributed by atoms with Crippen LogP contribution in [0.2, 0.25) is 0 Å². The van der Waals surface area contributed by atoms with Crippen LogP contribution in [0.3, 0.4) is 0 Å². The van der Waals surface area contributed by atoms with Crippen LogP contribution in [0.25, 0.3) is 16.7 Å². The van der Waals surface area contributed by atoms with Gasteiger partial charge in [-0.15, -0.1) is 0 Å². The van der Waals surface area contributed by atoms with Crippen LogP contribution in [0.1, 0.15) is 23.2 Å². The molecule has 28 heavy (non-hydrogen) atoms. The number of carbonyl (C=O) groups excluding carboxylic acids is 1. The van der Waals surface area contributed by atoms with Crippen molar-refractivity contribution in [3.63, 3.8) is 0 Å². The van der Waals surface area contributed by atoms with Gasteiger partial charge in [-0.2, -0.15) is 0 Å². The van der Waals surface area contributed by atoms with Crippen LogP contribution in [0.4, 0.5) is 5.82 Å². The van der Waals surface area contributed by atoms with Crippen LogP contribution in [0.15, 0.2) is 30.6 Å². The molecule has 3 aromatic rings. The average Bonchev–Trinajstić information content (AvgIpc) is 3.14. The quantitative estimate of drug-likeness (QED) is 0.732. The summed E-state index contributed by atoms with van der Waals surface area (Å²) in [7, 11) is -3.12. The summed E-state index contributed by atoms with van der Waals surface area (Å²) in [6, 6.07) is 8.15. The van der Waals surface area contributed by atoms with E-state index < -0.39 is 15.8 Å². The predicted octanol–water partition coefficient (Wildman–Crippen LogP) is 2.72. The lowest BCUT2D eigenvalue weighted by Gasteiger charge is -2.10. The average molecular weight is 398 g/mol. The van der Waals surface area contributed by atoms with Crippen molar-refractivity contribution in [1.82, 2.24) is 14.5 Å². The third-order valence-corrected chi connectivity index (χ3v) is 7.20. The topological polar surface area (TPSA) is 94.0 Å². The normalized spacial score (nSPS) is 18.5. The molecule has 0 radical (unpaired) electrons. The standard InChI is InChI=1S/C20H22N4O3S/c1-12-4-6-16(7-5-12)24-14(3)13(2)17-18(21-11-22-19(17)24)23-20(25)15-8-9-28(26,27)10-15/h4-7,11,15H,8-10H2,1-3H3,(H,21,22,23,25). The van der Waals surface area contributed by atoms with Gasteiger partial charge in [-0.3, -0.25) is 9.36 Å². The number of sulfone groups is 1. The number of carbonyl (C=O) groups is 1. The minimum atomic E-state index is -3.12. The molecule has 1 N–H and O–H groups in total. The van der Waals surface area contributed by atoms with E-state index in [1.807, 2.05) is 49.6 Å². The Hall–Kier alpha value is -2.74. The van der Waals surface area contributed by atoms with Gasteiger partial charge >= 0.3 is 0 Å². The molecule has 1 aromatic carbocycles. The molecule has 4 rings (SSSR count). The Morgan fingerprint density at radius 1 is 1.14 bits per heavy atom. The lowest BCUT2D eigenvalue weighted by Crippen LogP contribution is -2.24. The molecule has 0 spiro atoms. The van der Waals surface area contributed by atoms with E-state index >= 15 is 0 Å². The molecule has 8 heteroatoms. The molecule has 0 saturated carbocycles. The highest BCUT2D eigenvalue weighted by atomic mass is 32.2. The summed E-state index contributed by atoms with van der Waals surface area (Å²) in [5.41, 5.74) is 4.86. The van der Waals surface area contributed by atoms with Gasteiger partial charge in [0.1, 0.15) is 12.1 Å². The molecule has 0 aliphatic carbocycles. The van der Waals surface area contributed by atoms with Gasteiger partial charge in [-0.05, 0) is 44.9 Å². The monoisotopic (exact) mass is 398 g/mol. The number of aryl methyl sites for hydroxylation is 2. The molecular weight excluding hydrogens is 376 g/mol. The summed E-state index contributed by atoms with van der Waals surface area (Å²) in [6.07, 6.45) is 1.78. The fourth-order valence-electron chi connectivity index (χ4n) is 3.72. The highest BCUT2D eigenvalue weighted by Gasteiger charge is 2.33. The Morgan fingerprint density at radius 3 is 2.50 bits per heavy atom. The Kier molecular flexibility index (Phi) is 4.45. The van der Waals surface area contributed by atoms with Crippen LogP contribution in [-0.2, 0) is 14.6 Å². The molecule has 1 atom stereocenters. The number of nitrogens with zero attached hydrogens (tertiary/aromatic N) is 3. The highest BCUT2D eigenvalue weighted by molar-refractivity contribution is 7.91. The first-order valence-electron chi connectivity index (χ1n) is 9.18. The van der Waals surface area contributed by atoms with Crippen molar-refractivity contribution in [2.24, 2.45) is 5.92 Å². The first kappa shape index (κ1) is 18.6. The molecule has 2 aromatic heterocycles. The number of amides is 1. The number of nitrogens with one attached hydrogen (secondary N) is 1. The van der Waals surface area contributed by atoms with Crippen molar-refractivity contribution in [3.05, 3.63) is 47.4 Å². The maximum atomic E-state index is 12.6. The van der Waals surface area contributed by atoms with E-state index in [2.05, 4.69) is 15.3 Å². The SMILES string of the molecule is Cc1ccc(-n2c(C)c(C)c3c(NC(=O)C4CCS(=O)(=O)C4)ncnc32)cc1. The smallest absolute Gasteiger partial charge is 0.229 e. The highest BCUT2D eigenvalue weighted by Crippen LogP contribution is 2.32. The van der Waals surface area contributed by atoms with Gasteiger partial charge in [0.15, 0.2) is 15.5 Å². The second-order valence-corrected chi connectivity index (χ2v) is 9.62. The fourth-order valence-corrected chi connectivity index (χ4v) is 5.47. The lowest BCUT2D eigenvalue weighted by atomic mass is 10.1. The number of hydrogen-bond donors (Lipinski definition) is 1. The number of aromatic nitrogens is 3. The van der Waals surface area contributed by atoms with E-state index in [0.29, 0.717) is 17.9 Å². The largest absolute Gasteiger partial charge is 0.310 e. The molecule has 1 amide bonds. The van der Waals surface area contributed by atoms with Crippen LogP contribution < -0.4 is 5.32 Å². The fraction of sp³-hybridized carbons (Fsp3) is 0.350. The summed E-state index contributed by atoms with van der Waals surface area (Å²) in [6.45, 7) is 6.02. The minimum Gasteiger partial charge on any atom is -0.310 e. The van der Waals surface area contributed by atoms with Gasteiger partial charge in [0, 0.05) is 11.4 Å². The molecule has 1 aliphatic heterocycles. The molecular formula is C20H22N4O3S. The van der Waals surface area contributed by atoms with Gasteiger partial charge in [-0.25, -0.2) is 18.4 Å². The third kappa shape index (κ3) is 3.17. The molecule has 0 bridgehead atoms. The second-order valence-electron chi connectivity index (χ2n) is 7.39. The zero-order chi connectivity index (χ0) is 20.1. The first-order valence-corrected chi connectivity index (χ1v) is 11.0. The van der Waals surface area contributed by atoms with Crippen molar-refractivity contribution >= 4 is 32.6 Å². The van der Waals surface area contributed by atoms with E-state index in [-0.39, 0.29) is 17.4 Å². The molecule has 1 unspecified atom stereocenters. The first-order chi connectivity index (χ1) is 13.3. The molecule has 3 heterocycles. The Morgan fingerprint density at radius 2 is 1.86 bits per heavy atom. The molecule has 1 fully saturated rings. The summed E-state index contributed by atoms with van der Waals surface area (Å²) in [5.74, 6) is -0.454. The van der Waals surface area contributed by atoms with Gasteiger partial charge in [0.05, 0.1) is 22.8 Å². The second kappa shape index (κ2) is 6.70. The maximum absolute atomic E-state index is 12.6. The van der Waals surface area contributed by atoms with Crippen LogP contribution in [-0.4, -0.2) is 40.4 Å². The molecule has 1 saturated heterocycles. The van der Waals surface area contributed by atoms with Crippen molar-refractivity contribution in [2.75, 3.05) is 16.8 Å². The van der Waals surface area contributed by atoms with Crippen LogP contribution in [0, 0.1) is 26.7 Å². The van der Waals surface area contributed by atoms with Crippen LogP contribution in [0.5, 0.6) is 0 Å². The Bertz CT molecular complexity index is 1180. The van der Waals surface area contributed by atoms with Crippen molar-refractivity contribution < 1.29 is 13.2 Å². The van der Waals surface area contributed by atoms with Gasteiger partial charge in [0.25, 0.3) is 0 Å². The molecule has 1 aliphatic rings. The Balaban J connectivity index is 1.76. The number of anilines is 1. The van der Waals surface area contributed by atoms with E-state index in [1.54, 1.807) is 0 Å². The summed E-state index contributed by atoms with van der Waals surface area (Å²) >= 11 is 0. The van der Waals surface area contributed by atoms with Crippen molar-refractivity contribution in [2.45, 2.75) is 27.2 Å². The summed E-state index contributed by atoms with van der Waals surface area (Å²) in [5, 5.41) is 3.61. The van der Waals surface area contributed by atoms with E-state index in [4.69, 9.17) is 0 Å². The van der Waals surface area contributed by atoms with Crippen LogP contribution >= 0.6 is 0 Å². The van der Waals surface area contributed by atoms with E-state index in [1.165, 1.54) is 11.9 Å². The zero-order valence-electron chi connectivity index (χ0n) is 16.1. The molecule has 7 nitrogen and oxygen atoms in total. The van der Waals surface area contributed by atoms with Crippen molar-refractivity contribution in [1.29, 1.82) is 0 Å². The van der Waals surface area contributed by atoms with E-state index in [9.17, 15) is 13.2 Å².